The molecule has 0 spiro atoms. The van der Waals surface area contributed by atoms with Crippen LogP contribution in [0.25, 0.3) is 0 Å². The summed E-state index contributed by atoms with van der Waals surface area (Å²) in [6.07, 6.45) is 2.17. The van der Waals surface area contributed by atoms with E-state index in [2.05, 4.69) is 79.8 Å². The quantitative estimate of drug-likeness (QED) is 0.754. The molecule has 0 amide bonds. The minimum absolute atomic E-state index is 0.965. The van der Waals surface area contributed by atoms with Crippen molar-refractivity contribution < 1.29 is 4.57 Å². The van der Waals surface area contributed by atoms with Gasteiger partial charge < -0.3 is 0 Å². The molecule has 0 radical (unpaired) electrons. The van der Waals surface area contributed by atoms with Gasteiger partial charge in [0.2, 0.25) is 0 Å². The molecule has 0 aliphatic rings. The zero-order chi connectivity index (χ0) is 13.8. The van der Waals surface area contributed by atoms with Crippen molar-refractivity contribution in [3.8, 4) is 0 Å². The van der Waals surface area contributed by atoms with Crippen LogP contribution in [-0.2, 0) is 6.54 Å². The number of hydrogen-bond acceptors (Lipinski definition) is 1. The van der Waals surface area contributed by atoms with E-state index in [-0.39, 0.29) is 0 Å². The van der Waals surface area contributed by atoms with Crippen LogP contribution in [-0.4, -0.2) is 6.54 Å². The number of pyridine rings is 1. The SMILES string of the molecule is CCN(c1cccc(C)c1)c1cc(C)cc[n+]1CC. The van der Waals surface area contributed by atoms with Crippen LogP contribution in [0.4, 0.5) is 11.5 Å². The molecule has 0 unspecified atom stereocenters. The highest BCUT2D eigenvalue weighted by molar-refractivity contribution is 5.59. The fourth-order valence-electron chi connectivity index (χ4n) is 2.39. The Morgan fingerprint density at radius 3 is 2.37 bits per heavy atom. The van der Waals surface area contributed by atoms with Crippen molar-refractivity contribution in [2.24, 2.45) is 0 Å². The lowest BCUT2D eigenvalue weighted by Crippen LogP contribution is -2.39. The number of rotatable bonds is 4. The van der Waals surface area contributed by atoms with Gasteiger partial charge in [0.15, 0.2) is 0 Å². The van der Waals surface area contributed by atoms with E-state index in [0.717, 1.165) is 13.1 Å². The molecule has 0 saturated carbocycles. The molecular weight excluding hydrogens is 232 g/mol. The second kappa shape index (κ2) is 5.87. The molecular formula is C17H23N2+. The maximum absolute atomic E-state index is 2.36. The first-order valence-corrected chi connectivity index (χ1v) is 7.00. The van der Waals surface area contributed by atoms with Gasteiger partial charge in [-0.25, -0.2) is 9.47 Å². The average molecular weight is 255 g/mol. The van der Waals surface area contributed by atoms with E-state index in [0.29, 0.717) is 0 Å². The van der Waals surface area contributed by atoms with Gasteiger partial charge in [0.25, 0.3) is 5.82 Å². The third kappa shape index (κ3) is 2.95. The van der Waals surface area contributed by atoms with Crippen molar-refractivity contribution in [3.63, 3.8) is 0 Å². The topological polar surface area (TPSA) is 7.12 Å². The summed E-state index contributed by atoms with van der Waals surface area (Å²) in [5.41, 5.74) is 3.85. The van der Waals surface area contributed by atoms with E-state index in [1.54, 1.807) is 0 Å². The van der Waals surface area contributed by atoms with Crippen LogP contribution >= 0.6 is 0 Å². The molecule has 0 N–H and O–H groups in total. The van der Waals surface area contributed by atoms with Crippen LogP contribution < -0.4 is 9.47 Å². The van der Waals surface area contributed by atoms with E-state index in [4.69, 9.17) is 0 Å². The van der Waals surface area contributed by atoms with E-state index in [1.807, 2.05) is 0 Å². The summed E-state index contributed by atoms with van der Waals surface area (Å²) < 4.78 is 2.29. The van der Waals surface area contributed by atoms with Gasteiger partial charge in [-0.05, 0) is 57.0 Å². The highest BCUT2D eigenvalue weighted by Gasteiger charge is 2.19. The Bertz CT molecular complexity index is 561. The fourth-order valence-corrected chi connectivity index (χ4v) is 2.39. The van der Waals surface area contributed by atoms with Gasteiger partial charge in [-0.15, -0.1) is 0 Å². The molecule has 1 heterocycles. The number of nitrogens with zero attached hydrogens (tertiary/aromatic N) is 2. The Balaban J connectivity index is 2.50. The van der Waals surface area contributed by atoms with Gasteiger partial charge in [-0.2, -0.15) is 0 Å². The summed E-state index contributed by atoms with van der Waals surface area (Å²) >= 11 is 0. The Hall–Kier alpha value is -1.83. The van der Waals surface area contributed by atoms with Gasteiger partial charge in [0, 0.05) is 6.07 Å². The molecule has 0 aliphatic heterocycles. The zero-order valence-corrected chi connectivity index (χ0v) is 12.4. The smallest absolute Gasteiger partial charge is 0.234 e. The normalized spacial score (nSPS) is 10.5. The van der Waals surface area contributed by atoms with Crippen molar-refractivity contribution >= 4 is 11.5 Å². The first-order valence-electron chi connectivity index (χ1n) is 7.00. The van der Waals surface area contributed by atoms with Gasteiger partial charge in [-0.1, -0.05) is 12.1 Å². The van der Waals surface area contributed by atoms with Crippen LogP contribution in [0.1, 0.15) is 25.0 Å². The molecule has 0 saturated heterocycles. The number of aryl methyl sites for hydroxylation is 3. The minimum atomic E-state index is 0.965. The lowest BCUT2D eigenvalue weighted by Gasteiger charge is -2.18. The maximum Gasteiger partial charge on any atom is 0.281 e. The van der Waals surface area contributed by atoms with Crippen LogP contribution in [0.5, 0.6) is 0 Å². The third-order valence-corrected chi connectivity index (χ3v) is 3.42. The molecule has 19 heavy (non-hydrogen) atoms. The summed E-state index contributed by atoms with van der Waals surface area (Å²) in [5, 5.41) is 0. The van der Waals surface area contributed by atoms with Gasteiger partial charge in [-0.3, -0.25) is 0 Å². The molecule has 2 rings (SSSR count). The molecule has 2 nitrogen and oxygen atoms in total. The van der Waals surface area contributed by atoms with Crippen LogP contribution in [0.15, 0.2) is 42.6 Å². The van der Waals surface area contributed by atoms with Gasteiger partial charge in [0.1, 0.15) is 5.69 Å². The second-order valence-corrected chi connectivity index (χ2v) is 4.93. The predicted molar refractivity (Wildman–Crippen MR) is 80.9 cm³/mol. The number of anilines is 2. The maximum atomic E-state index is 2.36. The van der Waals surface area contributed by atoms with Gasteiger partial charge in [0.05, 0.1) is 19.3 Å². The van der Waals surface area contributed by atoms with Crippen LogP contribution in [0, 0.1) is 13.8 Å². The van der Waals surface area contributed by atoms with Crippen molar-refractivity contribution in [1.82, 2.24) is 0 Å². The predicted octanol–water partition coefficient (Wildman–Crippen LogP) is 3.77. The standard InChI is InChI=1S/C17H23N2/c1-5-18-11-10-15(4)13-17(18)19(6-2)16-9-7-8-14(3)12-16/h7-13H,5-6H2,1-4H3/q+1. The summed E-state index contributed by atoms with van der Waals surface area (Å²) in [6.45, 7) is 10.6. The first kappa shape index (κ1) is 13.6. The van der Waals surface area contributed by atoms with Gasteiger partial charge >= 0.3 is 0 Å². The minimum Gasteiger partial charge on any atom is -0.234 e. The van der Waals surface area contributed by atoms with E-state index < -0.39 is 0 Å². The molecule has 0 aliphatic carbocycles. The van der Waals surface area contributed by atoms with Crippen molar-refractivity contribution in [2.45, 2.75) is 34.2 Å². The average Bonchev–Trinajstić information content (AvgIpc) is 2.40. The lowest BCUT2D eigenvalue weighted by atomic mass is 10.2. The molecule has 100 valence electrons. The van der Waals surface area contributed by atoms with E-state index in [1.165, 1.54) is 22.6 Å². The van der Waals surface area contributed by atoms with E-state index >= 15 is 0 Å². The van der Waals surface area contributed by atoms with Crippen LogP contribution in [0.2, 0.25) is 0 Å². The van der Waals surface area contributed by atoms with Crippen molar-refractivity contribution in [3.05, 3.63) is 53.7 Å². The molecule has 2 heteroatoms. The summed E-state index contributed by atoms with van der Waals surface area (Å²) in [7, 11) is 0. The largest absolute Gasteiger partial charge is 0.281 e. The fraction of sp³-hybridized carbons (Fsp3) is 0.353. The van der Waals surface area contributed by atoms with Crippen molar-refractivity contribution in [1.29, 1.82) is 0 Å². The highest BCUT2D eigenvalue weighted by Crippen LogP contribution is 2.23. The second-order valence-electron chi connectivity index (χ2n) is 4.93. The molecule has 0 atom stereocenters. The summed E-state index contributed by atoms with van der Waals surface area (Å²) in [4.78, 5) is 2.36. The van der Waals surface area contributed by atoms with Crippen molar-refractivity contribution in [2.75, 3.05) is 11.4 Å². The number of hydrogen-bond donors (Lipinski definition) is 0. The molecule has 2 aromatic rings. The molecule has 0 fully saturated rings. The number of benzene rings is 1. The monoisotopic (exact) mass is 255 g/mol. The third-order valence-electron chi connectivity index (χ3n) is 3.42. The highest BCUT2D eigenvalue weighted by atomic mass is 15.2. The van der Waals surface area contributed by atoms with E-state index in [9.17, 15) is 0 Å². The zero-order valence-electron chi connectivity index (χ0n) is 12.4. The molecule has 1 aromatic carbocycles. The number of aromatic nitrogens is 1. The lowest BCUT2D eigenvalue weighted by molar-refractivity contribution is -0.681. The Morgan fingerprint density at radius 1 is 1.00 bits per heavy atom. The Kier molecular flexibility index (Phi) is 4.20. The molecule has 0 bridgehead atoms. The Morgan fingerprint density at radius 2 is 1.74 bits per heavy atom. The Labute approximate surface area is 116 Å². The summed E-state index contributed by atoms with van der Waals surface area (Å²) in [6, 6.07) is 13.1. The van der Waals surface area contributed by atoms with Crippen LogP contribution in [0.3, 0.4) is 0 Å². The first-order chi connectivity index (χ1) is 9.15. The molecule has 1 aromatic heterocycles. The summed E-state index contributed by atoms with van der Waals surface area (Å²) in [5.74, 6) is 1.26.